The Morgan fingerprint density at radius 3 is 1.60 bits per heavy atom. The number of primary amides is 1. The molecule has 0 aromatic carbocycles. The standard InChI is InChI=1S/C4H9NO.C2H4Cl2/c1-3(2)4(5)6;3-1-2-4/h3H,1-2H3,(H2,5,6);1-2H2. The summed E-state index contributed by atoms with van der Waals surface area (Å²) >= 11 is 10.1. The Hall–Kier alpha value is 0.0500. The van der Waals surface area contributed by atoms with Gasteiger partial charge in [0.1, 0.15) is 0 Å². The molecule has 0 bridgehead atoms. The summed E-state index contributed by atoms with van der Waals surface area (Å²) in [5.74, 6) is 0.864. The van der Waals surface area contributed by atoms with E-state index in [1.54, 1.807) is 13.8 Å². The summed E-state index contributed by atoms with van der Waals surface area (Å²) in [6.07, 6.45) is 0. The number of nitrogens with two attached hydrogens (primary N) is 1. The third-order valence-electron chi connectivity index (χ3n) is 0.640. The van der Waals surface area contributed by atoms with Gasteiger partial charge in [-0.25, -0.2) is 0 Å². The van der Waals surface area contributed by atoms with Crippen molar-refractivity contribution in [1.82, 2.24) is 0 Å². The zero-order valence-electron chi connectivity index (χ0n) is 6.23. The van der Waals surface area contributed by atoms with Gasteiger partial charge in [0.05, 0.1) is 0 Å². The van der Waals surface area contributed by atoms with Gasteiger partial charge in [-0.05, 0) is 0 Å². The van der Waals surface area contributed by atoms with Crippen LogP contribution in [0, 0.1) is 5.92 Å². The highest BCUT2D eigenvalue weighted by atomic mass is 35.5. The number of amides is 1. The van der Waals surface area contributed by atoms with Gasteiger partial charge < -0.3 is 5.73 Å². The molecular formula is C6H13Cl2NO. The molecule has 10 heavy (non-hydrogen) atoms. The second-order valence-corrected chi connectivity index (χ2v) is 2.69. The van der Waals surface area contributed by atoms with Gasteiger partial charge >= 0.3 is 0 Å². The van der Waals surface area contributed by atoms with Crippen molar-refractivity contribution in [3.05, 3.63) is 0 Å². The molecule has 0 unspecified atom stereocenters. The maximum Gasteiger partial charge on any atom is 0.219 e. The number of halogens is 2. The molecule has 0 aromatic heterocycles. The molecule has 4 heteroatoms. The van der Waals surface area contributed by atoms with Crippen LogP contribution in [0.25, 0.3) is 0 Å². The van der Waals surface area contributed by atoms with E-state index in [4.69, 9.17) is 28.9 Å². The molecule has 0 rings (SSSR count). The molecule has 0 aromatic rings. The van der Waals surface area contributed by atoms with Gasteiger partial charge in [0, 0.05) is 17.7 Å². The van der Waals surface area contributed by atoms with E-state index in [2.05, 4.69) is 0 Å². The number of alkyl halides is 2. The molecule has 0 aliphatic rings. The summed E-state index contributed by atoms with van der Waals surface area (Å²) in [5, 5.41) is 0. The second kappa shape index (κ2) is 9.05. The average molecular weight is 186 g/mol. The Balaban J connectivity index is 0. The molecule has 0 heterocycles. The highest BCUT2D eigenvalue weighted by molar-refractivity contribution is 6.25. The van der Waals surface area contributed by atoms with E-state index in [0.29, 0.717) is 11.8 Å². The lowest BCUT2D eigenvalue weighted by Gasteiger charge is -1.90. The quantitative estimate of drug-likeness (QED) is 0.653. The molecule has 0 fully saturated rings. The minimum Gasteiger partial charge on any atom is -0.369 e. The number of hydrogen-bond acceptors (Lipinski definition) is 1. The van der Waals surface area contributed by atoms with Gasteiger partial charge in [0.25, 0.3) is 0 Å². The molecule has 0 saturated carbocycles. The first-order valence-corrected chi connectivity index (χ1v) is 4.04. The van der Waals surface area contributed by atoms with Crippen molar-refractivity contribution >= 4 is 29.1 Å². The molecule has 0 atom stereocenters. The Morgan fingerprint density at radius 2 is 1.60 bits per heavy atom. The Bertz CT molecular complexity index is 83.8. The summed E-state index contributed by atoms with van der Waals surface area (Å²) in [4.78, 5) is 9.92. The van der Waals surface area contributed by atoms with E-state index >= 15 is 0 Å². The van der Waals surface area contributed by atoms with Gasteiger partial charge in [-0.3, -0.25) is 4.79 Å². The minimum atomic E-state index is -0.241. The minimum absolute atomic E-state index is 0.00926. The summed E-state index contributed by atoms with van der Waals surface area (Å²) in [7, 11) is 0. The molecule has 0 spiro atoms. The maximum atomic E-state index is 9.92. The average Bonchev–Trinajstić information content (AvgIpc) is 1.89. The van der Waals surface area contributed by atoms with Crippen LogP contribution in [0.5, 0.6) is 0 Å². The van der Waals surface area contributed by atoms with Crippen LogP contribution < -0.4 is 5.73 Å². The summed E-state index contributed by atoms with van der Waals surface area (Å²) in [6, 6.07) is 0. The van der Waals surface area contributed by atoms with Crippen LogP contribution in [-0.2, 0) is 4.79 Å². The van der Waals surface area contributed by atoms with Crippen LogP contribution in [0.2, 0.25) is 0 Å². The molecule has 0 aliphatic heterocycles. The van der Waals surface area contributed by atoms with Crippen LogP contribution in [0.1, 0.15) is 13.8 Å². The zero-order chi connectivity index (χ0) is 8.57. The van der Waals surface area contributed by atoms with Crippen molar-refractivity contribution in [2.75, 3.05) is 11.8 Å². The van der Waals surface area contributed by atoms with Gasteiger partial charge in [0.2, 0.25) is 5.91 Å². The van der Waals surface area contributed by atoms with Crippen LogP contribution in [0.4, 0.5) is 0 Å². The van der Waals surface area contributed by atoms with Crippen LogP contribution in [0.15, 0.2) is 0 Å². The third kappa shape index (κ3) is 15.7. The van der Waals surface area contributed by atoms with Crippen LogP contribution in [0.3, 0.4) is 0 Å². The number of carbonyl (C=O) groups excluding carboxylic acids is 1. The van der Waals surface area contributed by atoms with Gasteiger partial charge in [0.15, 0.2) is 0 Å². The molecular weight excluding hydrogens is 173 g/mol. The predicted octanol–water partition coefficient (Wildman–Crippen LogP) is 1.59. The van der Waals surface area contributed by atoms with E-state index in [1.165, 1.54) is 0 Å². The first-order valence-electron chi connectivity index (χ1n) is 2.97. The SMILES string of the molecule is CC(C)C(N)=O.ClCCCl. The van der Waals surface area contributed by atoms with Crippen LogP contribution >= 0.6 is 23.2 Å². The van der Waals surface area contributed by atoms with Gasteiger partial charge in [-0.15, -0.1) is 23.2 Å². The van der Waals surface area contributed by atoms with Crippen molar-refractivity contribution < 1.29 is 4.79 Å². The normalized spacial score (nSPS) is 8.50. The summed E-state index contributed by atoms with van der Waals surface area (Å²) in [6.45, 7) is 3.53. The highest BCUT2D eigenvalue weighted by Gasteiger charge is 1.96. The molecule has 0 radical (unpaired) electrons. The fraction of sp³-hybridized carbons (Fsp3) is 0.833. The third-order valence-corrected chi connectivity index (χ3v) is 1.21. The summed E-state index contributed by atoms with van der Waals surface area (Å²) in [5.41, 5.74) is 4.80. The highest BCUT2D eigenvalue weighted by Crippen LogP contribution is 1.84. The first-order chi connectivity index (χ1) is 4.56. The van der Waals surface area contributed by atoms with Gasteiger partial charge in [-0.1, -0.05) is 13.8 Å². The number of carbonyl (C=O) groups is 1. The van der Waals surface area contributed by atoms with E-state index in [1.807, 2.05) is 0 Å². The van der Waals surface area contributed by atoms with Gasteiger partial charge in [-0.2, -0.15) is 0 Å². The van der Waals surface area contributed by atoms with Crippen molar-refractivity contribution in [2.24, 2.45) is 11.7 Å². The zero-order valence-corrected chi connectivity index (χ0v) is 7.74. The lowest BCUT2D eigenvalue weighted by Crippen LogP contribution is -2.17. The van der Waals surface area contributed by atoms with E-state index < -0.39 is 0 Å². The predicted molar refractivity (Wildman–Crippen MR) is 45.5 cm³/mol. The smallest absolute Gasteiger partial charge is 0.219 e. The van der Waals surface area contributed by atoms with Crippen molar-refractivity contribution in [3.63, 3.8) is 0 Å². The van der Waals surface area contributed by atoms with Crippen molar-refractivity contribution in [3.8, 4) is 0 Å². The van der Waals surface area contributed by atoms with E-state index in [9.17, 15) is 4.79 Å². The fourth-order valence-corrected chi connectivity index (χ4v) is 0. The lowest BCUT2D eigenvalue weighted by molar-refractivity contribution is -0.120. The Kier molecular flexibility index (Phi) is 11.5. The molecule has 0 aliphatic carbocycles. The maximum absolute atomic E-state index is 9.92. The second-order valence-electron chi connectivity index (χ2n) is 1.94. The monoisotopic (exact) mass is 185 g/mol. The number of hydrogen-bond donors (Lipinski definition) is 1. The topological polar surface area (TPSA) is 43.1 Å². The fourth-order valence-electron chi connectivity index (χ4n) is 0. The van der Waals surface area contributed by atoms with Crippen LogP contribution in [-0.4, -0.2) is 17.7 Å². The van der Waals surface area contributed by atoms with E-state index in [0.717, 1.165) is 0 Å². The Labute approximate surface area is 71.7 Å². The first kappa shape index (κ1) is 12.7. The molecule has 2 nitrogen and oxygen atoms in total. The summed E-state index contributed by atoms with van der Waals surface area (Å²) < 4.78 is 0. The van der Waals surface area contributed by atoms with E-state index in [-0.39, 0.29) is 11.8 Å². The molecule has 2 N–H and O–H groups in total. The Morgan fingerprint density at radius 1 is 1.40 bits per heavy atom. The molecule has 1 amide bonds. The molecule has 0 saturated heterocycles. The van der Waals surface area contributed by atoms with Crippen molar-refractivity contribution in [2.45, 2.75) is 13.8 Å². The number of rotatable bonds is 2. The largest absolute Gasteiger partial charge is 0.369 e. The molecule has 62 valence electrons. The van der Waals surface area contributed by atoms with Crippen molar-refractivity contribution in [1.29, 1.82) is 0 Å². The lowest BCUT2D eigenvalue weighted by atomic mass is 10.2.